The molecule has 0 radical (unpaired) electrons. The van der Waals surface area contributed by atoms with Crippen LogP contribution < -0.4 is 10.9 Å². The predicted octanol–water partition coefficient (Wildman–Crippen LogP) is 2.24. The highest BCUT2D eigenvalue weighted by molar-refractivity contribution is 5.93. The Morgan fingerprint density at radius 1 is 1.22 bits per heavy atom. The van der Waals surface area contributed by atoms with Gasteiger partial charge in [0.15, 0.2) is 0 Å². The Morgan fingerprint density at radius 2 is 2.07 bits per heavy atom. The number of nitrogens with zero attached hydrogens (tertiary/aromatic N) is 3. The van der Waals surface area contributed by atoms with Crippen LogP contribution in [0.15, 0.2) is 53.6 Å². The van der Waals surface area contributed by atoms with E-state index in [1.807, 2.05) is 37.3 Å². The van der Waals surface area contributed by atoms with Crippen molar-refractivity contribution in [1.29, 1.82) is 0 Å². The van der Waals surface area contributed by atoms with Gasteiger partial charge >= 0.3 is 0 Å². The Hall–Kier alpha value is -3.48. The number of hydrogen-bond donors (Lipinski definition) is 2. The minimum absolute atomic E-state index is 0.0434. The third-order valence-corrected chi connectivity index (χ3v) is 4.41. The van der Waals surface area contributed by atoms with Gasteiger partial charge in [0.25, 0.3) is 11.5 Å². The third-order valence-electron chi connectivity index (χ3n) is 4.41. The minimum Gasteiger partial charge on any atom is -0.352 e. The van der Waals surface area contributed by atoms with Gasteiger partial charge in [-0.2, -0.15) is 0 Å². The Balaban J connectivity index is 1.40. The Morgan fingerprint density at radius 3 is 2.93 bits per heavy atom. The molecule has 0 aliphatic carbocycles. The van der Waals surface area contributed by atoms with Gasteiger partial charge in [0.2, 0.25) is 0 Å². The Kier molecular flexibility index (Phi) is 4.42. The lowest BCUT2D eigenvalue weighted by atomic mass is 10.2. The van der Waals surface area contributed by atoms with Crippen molar-refractivity contribution in [2.75, 3.05) is 6.54 Å². The molecule has 0 aliphatic rings. The summed E-state index contributed by atoms with van der Waals surface area (Å²) in [5.41, 5.74) is 3.06. The summed E-state index contributed by atoms with van der Waals surface area (Å²) in [4.78, 5) is 36.8. The van der Waals surface area contributed by atoms with Crippen LogP contribution in [0.4, 0.5) is 0 Å². The number of amides is 1. The molecule has 1 amide bonds. The molecule has 0 bridgehead atoms. The van der Waals surface area contributed by atoms with E-state index >= 15 is 0 Å². The lowest BCUT2D eigenvalue weighted by Crippen LogP contribution is -2.32. The van der Waals surface area contributed by atoms with Crippen LogP contribution in [0, 0.1) is 6.92 Å². The largest absolute Gasteiger partial charge is 0.352 e. The number of para-hydroxylation sites is 2. The molecule has 4 rings (SSSR count). The van der Waals surface area contributed by atoms with Crippen molar-refractivity contribution in [2.45, 2.75) is 19.8 Å². The quantitative estimate of drug-likeness (QED) is 0.533. The van der Waals surface area contributed by atoms with Gasteiger partial charge in [-0.25, -0.2) is 9.97 Å². The van der Waals surface area contributed by atoms with Gasteiger partial charge in [-0.05, 0) is 37.1 Å². The van der Waals surface area contributed by atoms with Crippen LogP contribution in [0.5, 0.6) is 0 Å². The van der Waals surface area contributed by atoms with E-state index in [4.69, 9.17) is 0 Å². The molecule has 136 valence electrons. The fraction of sp³-hybridized carbons (Fsp3) is 0.200. The molecule has 7 heteroatoms. The first-order valence-corrected chi connectivity index (χ1v) is 8.82. The third kappa shape index (κ3) is 3.44. The van der Waals surface area contributed by atoms with Gasteiger partial charge in [-0.3, -0.25) is 14.0 Å². The molecule has 27 heavy (non-hydrogen) atoms. The second kappa shape index (κ2) is 7.03. The molecule has 3 aromatic heterocycles. The molecule has 0 saturated heterocycles. The number of H-pyrrole nitrogens is 1. The van der Waals surface area contributed by atoms with Crippen molar-refractivity contribution < 1.29 is 4.79 Å². The van der Waals surface area contributed by atoms with E-state index in [-0.39, 0.29) is 11.1 Å². The first kappa shape index (κ1) is 17.0. The molecule has 1 aromatic carbocycles. The van der Waals surface area contributed by atoms with E-state index in [2.05, 4.69) is 20.3 Å². The predicted molar refractivity (Wildman–Crippen MR) is 103 cm³/mol. The number of benzene rings is 1. The zero-order valence-corrected chi connectivity index (χ0v) is 14.9. The lowest BCUT2D eigenvalue weighted by molar-refractivity contribution is 0.0951. The van der Waals surface area contributed by atoms with E-state index in [0.717, 1.165) is 22.4 Å². The van der Waals surface area contributed by atoms with E-state index in [9.17, 15) is 9.59 Å². The zero-order valence-electron chi connectivity index (χ0n) is 14.9. The molecule has 0 fully saturated rings. The van der Waals surface area contributed by atoms with E-state index in [1.165, 1.54) is 10.6 Å². The van der Waals surface area contributed by atoms with E-state index in [1.54, 1.807) is 12.3 Å². The van der Waals surface area contributed by atoms with Crippen molar-refractivity contribution in [2.24, 2.45) is 0 Å². The smallest absolute Gasteiger partial charge is 0.270 e. The molecule has 0 unspecified atom stereocenters. The standard InChI is InChI=1S/C20H19N5O2/c1-13-8-9-18-22-11-14(20(27)25(18)12-13)19(26)21-10-4-7-17-23-15-5-2-3-6-16(15)24-17/h2-3,5-6,8-9,11-12H,4,7,10H2,1H3,(H,21,26)(H,23,24). The van der Waals surface area contributed by atoms with E-state index in [0.29, 0.717) is 25.0 Å². The number of aromatic nitrogens is 4. The molecular formula is C20H19N5O2. The average molecular weight is 361 g/mol. The van der Waals surface area contributed by atoms with Gasteiger partial charge in [-0.15, -0.1) is 0 Å². The number of carbonyl (C=O) groups is 1. The van der Waals surface area contributed by atoms with Crippen LogP contribution in [0.25, 0.3) is 16.7 Å². The van der Waals surface area contributed by atoms with Crippen molar-refractivity contribution in [3.8, 4) is 0 Å². The molecule has 0 saturated carbocycles. The number of fused-ring (bicyclic) bond motifs is 2. The molecule has 0 atom stereocenters. The first-order chi connectivity index (χ1) is 13.1. The second-order valence-electron chi connectivity index (χ2n) is 6.47. The van der Waals surface area contributed by atoms with Crippen LogP contribution in [-0.2, 0) is 6.42 Å². The lowest BCUT2D eigenvalue weighted by Gasteiger charge is -2.06. The first-order valence-electron chi connectivity index (χ1n) is 8.82. The van der Waals surface area contributed by atoms with Crippen molar-refractivity contribution in [3.63, 3.8) is 0 Å². The number of rotatable bonds is 5. The van der Waals surface area contributed by atoms with Crippen LogP contribution in [0.1, 0.15) is 28.2 Å². The zero-order chi connectivity index (χ0) is 18.8. The topological polar surface area (TPSA) is 92.2 Å². The number of carbonyl (C=O) groups excluding carboxylic acids is 1. The highest BCUT2D eigenvalue weighted by Gasteiger charge is 2.13. The minimum atomic E-state index is -0.409. The van der Waals surface area contributed by atoms with Gasteiger partial charge in [0, 0.05) is 25.4 Å². The SMILES string of the molecule is Cc1ccc2ncc(C(=O)NCCCc3nc4ccccc4[nH]3)c(=O)n2c1. The molecule has 0 spiro atoms. The van der Waals surface area contributed by atoms with Gasteiger partial charge in [-0.1, -0.05) is 18.2 Å². The summed E-state index contributed by atoms with van der Waals surface area (Å²) in [5, 5.41) is 2.79. The summed E-state index contributed by atoms with van der Waals surface area (Å²) in [7, 11) is 0. The molecule has 7 nitrogen and oxygen atoms in total. The number of aryl methyl sites for hydroxylation is 2. The summed E-state index contributed by atoms with van der Waals surface area (Å²) in [6.45, 7) is 2.34. The van der Waals surface area contributed by atoms with Gasteiger partial charge in [0.05, 0.1) is 11.0 Å². The average Bonchev–Trinajstić information content (AvgIpc) is 3.08. The maximum Gasteiger partial charge on any atom is 0.270 e. The fourth-order valence-corrected chi connectivity index (χ4v) is 3.02. The molecule has 2 N–H and O–H groups in total. The molecule has 4 aromatic rings. The van der Waals surface area contributed by atoms with Crippen molar-refractivity contribution >= 4 is 22.6 Å². The number of imidazole rings is 1. The van der Waals surface area contributed by atoms with Gasteiger partial charge < -0.3 is 10.3 Å². The second-order valence-corrected chi connectivity index (χ2v) is 6.47. The monoisotopic (exact) mass is 361 g/mol. The maximum absolute atomic E-state index is 12.5. The maximum atomic E-state index is 12.5. The van der Waals surface area contributed by atoms with Crippen LogP contribution >= 0.6 is 0 Å². The highest BCUT2D eigenvalue weighted by Crippen LogP contribution is 2.11. The number of aromatic amines is 1. The van der Waals surface area contributed by atoms with Crippen LogP contribution in [0.3, 0.4) is 0 Å². The Labute approximate surface area is 155 Å². The molecule has 3 heterocycles. The van der Waals surface area contributed by atoms with E-state index < -0.39 is 5.91 Å². The molecule has 0 aliphatic heterocycles. The number of pyridine rings is 1. The molecular weight excluding hydrogens is 342 g/mol. The fourth-order valence-electron chi connectivity index (χ4n) is 3.02. The number of hydrogen-bond acceptors (Lipinski definition) is 4. The van der Waals surface area contributed by atoms with Crippen LogP contribution in [-0.4, -0.2) is 31.8 Å². The summed E-state index contributed by atoms with van der Waals surface area (Å²) < 4.78 is 1.40. The highest BCUT2D eigenvalue weighted by atomic mass is 16.2. The van der Waals surface area contributed by atoms with Gasteiger partial charge in [0.1, 0.15) is 17.0 Å². The number of nitrogens with one attached hydrogen (secondary N) is 2. The Bertz CT molecular complexity index is 1160. The van der Waals surface area contributed by atoms with Crippen molar-refractivity contribution in [3.05, 3.63) is 76.1 Å². The normalized spacial score (nSPS) is 11.1. The summed E-state index contributed by atoms with van der Waals surface area (Å²) in [6.07, 6.45) is 4.45. The summed E-state index contributed by atoms with van der Waals surface area (Å²) in [5.74, 6) is 0.473. The summed E-state index contributed by atoms with van der Waals surface area (Å²) >= 11 is 0. The summed E-state index contributed by atoms with van der Waals surface area (Å²) in [6, 6.07) is 11.5. The van der Waals surface area contributed by atoms with Crippen molar-refractivity contribution in [1.82, 2.24) is 24.7 Å². The van der Waals surface area contributed by atoms with Crippen LogP contribution in [0.2, 0.25) is 0 Å².